The average Bonchev–Trinajstić information content (AvgIpc) is 3.20. The normalized spacial score (nSPS) is 11.3. The summed E-state index contributed by atoms with van der Waals surface area (Å²) in [5.74, 6) is 0.232. The average molecular weight is 473 g/mol. The number of fused-ring (bicyclic) bond motifs is 1. The number of methoxy groups -OCH3 is 1. The highest BCUT2D eigenvalue weighted by Crippen LogP contribution is 2.29. The number of rotatable bonds is 6. The summed E-state index contributed by atoms with van der Waals surface area (Å²) in [5.41, 5.74) is 5.87. The monoisotopic (exact) mass is 472 g/mol. The van der Waals surface area contributed by atoms with Crippen LogP contribution in [0.2, 0.25) is 0 Å². The van der Waals surface area contributed by atoms with E-state index in [2.05, 4.69) is 10.5 Å². The van der Waals surface area contributed by atoms with E-state index < -0.39 is 11.9 Å². The summed E-state index contributed by atoms with van der Waals surface area (Å²) in [5, 5.41) is 0. The maximum absolute atomic E-state index is 12.8. The first-order valence-corrected chi connectivity index (χ1v) is 11.3. The molecule has 0 saturated carbocycles. The van der Waals surface area contributed by atoms with Crippen molar-refractivity contribution in [1.29, 1.82) is 0 Å². The van der Waals surface area contributed by atoms with Gasteiger partial charge in [0.05, 0.1) is 19.0 Å². The second-order valence-corrected chi connectivity index (χ2v) is 9.42. The third kappa shape index (κ3) is 5.84. The molecule has 4 rings (SSSR count). The standard InChI is InChI=1S/C27H28N4O4/c1-27(2,3)15-24(33)35-30-23(32)17-31-22-14-20(18-9-6-5-7-10-18)16-28-25(22)29-26(31)19-11-8-12-21(13-19)34-4/h5-14,16H,15,17H2,1-4H3,(H,30,32). The molecule has 2 heterocycles. The number of hydroxylamine groups is 1. The van der Waals surface area contributed by atoms with E-state index in [9.17, 15) is 9.59 Å². The molecule has 1 amide bonds. The molecule has 4 aromatic rings. The summed E-state index contributed by atoms with van der Waals surface area (Å²) in [6.07, 6.45) is 1.94. The van der Waals surface area contributed by atoms with Gasteiger partial charge in [-0.3, -0.25) is 4.79 Å². The molecule has 35 heavy (non-hydrogen) atoms. The van der Waals surface area contributed by atoms with Gasteiger partial charge in [0, 0.05) is 17.3 Å². The molecule has 0 radical (unpaired) electrons. The van der Waals surface area contributed by atoms with Crippen molar-refractivity contribution in [1.82, 2.24) is 20.0 Å². The molecular weight excluding hydrogens is 444 g/mol. The third-order valence-electron chi connectivity index (χ3n) is 5.30. The molecule has 0 unspecified atom stereocenters. The highest BCUT2D eigenvalue weighted by molar-refractivity contribution is 5.85. The molecule has 0 aliphatic rings. The molecule has 8 heteroatoms. The van der Waals surface area contributed by atoms with Gasteiger partial charge in [0.25, 0.3) is 5.91 Å². The molecular formula is C27H28N4O4. The number of imidazole rings is 1. The first kappa shape index (κ1) is 23.9. The summed E-state index contributed by atoms with van der Waals surface area (Å²) in [6.45, 7) is 5.65. The van der Waals surface area contributed by atoms with Gasteiger partial charge in [-0.2, -0.15) is 5.48 Å². The fraction of sp³-hybridized carbons (Fsp3) is 0.259. The number of pyridine rings is 1. The van der Waals surface area contributed by atoms with Crippen LogP contribution in [0.15, 0.2) is 66.9 Å². The van der Waals surface area contributed by atoms with Crippen LogP contribution in [0.5, 0.6) is 5.75 Å². The Bertz CT molecular complexity index is 1360. The predicted octanol–water partition coefficient (Wildman–Crippen LogP) is 4.78. The van der Waals surface area contributed by atoms with E-state index in [1.807, 2.05) is 81.4 Å². The van der Waals surface area contributed by atoms with Crippen molar-refractivity contribution >= 4 is 23.0 Å². The van der Waals surface area contributed by atoms with Crippen molar-refractivity contribution < 1.29 is 19.2 Å². The lowest BCUT2D eigenvalue weighted by Crippen LogP contribution is -2.31. The van der Waals surface area contributed by atoms with Crippen LogP contribution in [0, 0.1) is 5.41 Å². The molecule has 8 nitrogen and oxygen atoms in total. The first-order chi connectivity index (χ1) is 16.7. The lowest BCUT2D eigenvalue weighted by Gasteiger charge is -2.16. The van der Waals surface area contributed by atoms with Crippen molar-refractivity contribution in [2.75, 3.05) is 7.11 Å². The number of hydrogen-bond donors (Lipinski definition) is 1. The SMILES string of the molecule is COc1cccc(-c2nc3ncc(-c4ccccc4)cc3n2CC(=O)NOC(=O)CC(C)(C)C)c1. The number of benzene rings is 2. The van der Waals surface area contributed by atoms with E-state index in [0.717, 1.165) is 16.7 Å². The Kier molecular flexibility index (Phi) is 6.82. The summed E-state index contributed by atoms with van der Waals surface area (Å²) >= 11 is 0. The number of hydrogen-bond acceptors (Lipinski definition) is 6. The topological polar surface area (TPSA) is 95.3 Å². The zero-order chi connectivity index (χ0) is 25.0. The zero-order valence-electron chi connectivity index (χ0n) is 20.2. The van der Waals surface area contributed by atoms with Gasteiger partial charge in [-0.25, -0.2) is 14.8 Å². The molecule has 0 aliphatic carbocycles. The van der Waals surface area contributed by atoms with Crippen molar-refractivity contribution in [2.24, 2.45) is 5.41 Å². The second kappa shape index (κ2) is 9.97. The van der Waals surface area contributed by atoms with Crippen LogP contribution >= 0.6 is 0 Å². The molecule has 2 aromatic carbocycles. The van der Waals surface area contributed by atoms with E-state index in [-0.39, 0.29) is 18.4 Å². The second-order valence-electron chi connectivity index (χ2n) is 9.42. The van der Waals surface area contributed by atoms with E-state index >= 15 is 0 Å². The summed E-state index contributed by atoms with van der Waals surface area (Å²) < 4.78 is 7.12. The zero-order valence-corrected chi connectivity index (χ0v) is 20.2. The minimum absolute atomic E-state index is 0.119. The number of aromatic nitrogens is 3. The number of nitrogens with one attached hydrogen (secondary N) is 1. The van der Waals surface area contributed by atoms with Crippen LogP contribution in [0.1, 0.15) is 27.2 Å². The maximum atomic E-state index is 12.8. The van der Waals surface area contributed by atoms with Crippen LogP contribution in [-0.2, 0) is 21.0 Å². The largest absolute Gasteiger partial charge is 0.497 e. The van der Waals surface area contributed by atoms with Crippen molar-refractivity contribution in [3.63, 3.8) is 0 Å². The first-order valence-electron chi connectivity index (χ1n) is 11.3. The lowest BCUT2D eigenvalue weighted by atomic mass is 9.93. The highest BCUT2D eigenvalue weighted by Gasteiger charge is 2.20. The molecule has 0 bridgehead atoms. The Morgan fingerprint density at radius 3 is 2.43 bits per heavy atom. The minimum Gasteiger partial charge on any atom is -0.497 e. The van der Waals surface area contributed by atoms with E-state index in [0.29, 0.717) is 22.7 Å². The number of amides is 1. The highest BCUT2D eigenvalue weighted by atomic mass is 16.7. The fourth-order valence-corrected chi connectivity index (χ4v) is 3.70. The molecule has 180 valence electrons. The molecule has 0 saturated heterocycles. The van der Waals surface area contributed by atoms with Gasteiger partial charge in [0.2, 0.25) is 0 Å². The van der Waals surface area contributed by atoms with Gasteiger partial charge < -0.3 is 14.1 Å². The van der Waals surface area contributed by atoms with Crippen molar-refractivity contribution in [3.05, 3.63) is 66.9 Å². The number of carbonyl (C=O) groups is 2. The van der Waals surface area contributed by atoms with E-state index in [1.54, 1.807) is 17.9 Å². The van der Waals surface area contributed by atoms with Crippen LogP contribution < -0.4 is 10.2 Å². The molecule has 1 N–H and O–H groups in total. The van der Waals surface area contributed by atoms with Gasteiger partial charge in [-0.1, -0.05) is 63.2 Å². The predicted molar refractivity (Wildman–Crippen MR) is 133 cm³/mol. The molecule has 0 spiro atoms. The Morgan fingerprint density at radius 2 is 1.71 bits per heavy atom. The summed E-state index contributed by atoms with van der Waals surface area (Å²) in [4.78, 5) is 39.1. The van der Waals surface area contributed by atoms with Crippen molar-refractivity contribution in [3.8, 4) is 28.3 Å². The van der Waals surface area contributed by atoms with Crippen LogP contribution in [0.25, 0.3) is 33.7 Å². The quantitative estimate of drug-likeness (QED) is 0.406. The van der Waals surface area contributed by atoms with Crippen molar-refractivity contribution in [2.45, 2.75) is 33.7 Å². The third-order valence-corrected chi connectivity index (χ3v) is 5.30. The Morgan fingerprint density at radius 1 is 0.971 bits per heavy atom. The summed E-state index contributed by atoms with van der Waals surface area (Å²) in [7, 11) is 1.59. The molecule has 0 atom stereocenters. The summed E-state index contributed by atoms with van der Waals surface area (Å²) in [6, 6.07) is 19.2. The fourth-order valence-electron chi connectivity index (χ4n) is 3.70. The molecule has 2 aromatic heterocycles. The van der Waals surface area contributed by atoms with Gasteiger partial charge in [-0.15, -0.1) is 0 Å². The molecule has 0 fully saturated rings. The van der Waals surface area contributed by atoms with Crippen LogP contribution in [-0.4, -0.2) is 33.5 Å². The number of ether oxygens (including phenoxy) is 1. The maximum Gasteiger partial charge on any atom is 0.332 e. The molecule has 0 aliphatic heterocycles. The number of nitrogens with zero attached hydrogens (tertiary/aromatic N) is 3. The van der Waals surface area contributed by atoms with Gasteiger partial charge >= 0.3 is 5.97 Å². The van der Waals surface area contributed by atoms with Crippen LogP contribution in [0.4, 0.5) is 0 Å². The Balaban J connectivity index is 1.70. The minimum atomic E-state index is -0.498. The number of carbonyl (C=O) groups excluding carboxylic acids is 2. The Hall–Kier alpha value is -4.20. The van der Waals surface area contributed by atoms with Gasteiger partial charge in [0.1, 0.15) is 18.1 Å². The van der Waals surface area contributed by atoms with Gasteiger partial charge in [0.15, 0.2) is 5.65 Å². The van der Waals surface area contributed by atoms with Crippen LogP contribution in [0.3, 0.4) is 0 Å². The van der Waals surface area contributed by atoms with E-state index in [1.165, 1.54) is 0 Å². The Labute approximate surface area is 203 Å². The van der Waals surface area contributed by atoms with Gasteiger partial charge in [-0.05, 0) is 29.2 Å². The van der Waals surface area contributed by atoms with E-state index in [4.69, 9.17) is 14.6 Å². The lowest BCUT2D eigenvalue weighted by molar-refractivity contribution is -0.160. The smallest absolute Gasteiger partial charge is 0.332 e.